The molecule has 68 valence electrons. The minimum atomic E-state index is 0.677. The van der Waals surface area contributed by atoms with Gasteiger partial charge < -0.3 is 5.32 Å². The second kappa shape index (κ2) is 2.69. The molecule has 2 aliphatic carbocycles. The van der Waals surface area contributed by atoms with E-state index in [0.717, 1.165) is 17.8 Å². The van der Waals surface area contributed by atoms with Crippen molar-refractivity contribution in [2.45, 2.75) is 25.3 Å². The minimum absolute atomic E-state index is 0.677. The molecular weight excluding hydrogens is 162 g/mol. The van der Waals surface area contributed by atoms with Crippen LogP contribution in [0.25, 0.3) is 0 Å². The van der Waals surface area contributed by atoms with E-state index in [2.05, 4.69) is 15.3 Å². The van der Waals surface area contributed by atoms with Crippen molar-refractivity contribution >= 4 is 5.95 Å². The number of hydrogen-bond acceptors (Lipinski definition) is 3. The highest BCUT2D eigenvalue weighted by Crippen LogP contribution is 2.52. The first-order valence-electron chi connectivity index (χ1n) is 4.99. The van der Waals surface area contributed by atoms with Gasteiger partial charge in [-0.3, -0.25) is 0 Å². The highest BCUT2D eigenvalue weighted by Gasteiger charge is 2.52. The van der Waals surface area contributed by atoms with Crippen molar-refractivity contribution in [2.24, 2.45) is 11.8 Å². The van der Waals surface area contributed by atoms with E-state index in [1.807, 2.05) is 6.07 Å². The number of hydrogen-bond donors (Lipinski definition) is 1. The molecule has 3 nitrogen and oxygen atoms in total. The molecule has 0 aliphatic heterocycles. The summed E-state index contributed by atoms with van der Waals surface area (Å²) in [6.45, 7) is 0. The Labute approximate surface area is 77.6 Å². The molecule has 2 aliphatic rings. The summed E-state index contributed by atoms with van der Waals surface area (Å²) in [4.78, 5) is 8.33. The van der Waals surface area contributed by atoms with Crippen LogP contribution in [0.4, 0.5) is 5.95 Å². The predicted molar refractivity (Wildman–Crippen MR) is 50.3 cm³/mol. The number of nitrogens with zero attached hydrogens (tertiary/aromatic N) is 2. The molecular formula is C10H13N3. The summed E-state index contributed by atoms with van der Waals surface area (Å²) in [6, 6.07) is 2.52. The largest absolute Gasteiger partial charge is 0.351 e. The fraction of sp³-hybridized carbons (Fsp3) is 0.600. The zero-order chi connectivity index (χ0) is 8.67. The van der Waals surface area contributed by atoms with Gasteiger partial charge in [0.2, 0.25) is 5.95 Å². The highest BCUT2D eigenvalue weighted by atomic mass is 15.1. The monoisotopic (exact) mass is 175 g/mol. The Morgan fingerprint density at radius 3 is 2.54 bits per heavy atom. The van der Waals surface area contributed by atoms with Crippen LogP contribution in [0.1, 0.15) is 19.3 Å². The van der Waals surface area contributed by atoms with Gasteiger partial charge in [0.25, 0.3) is 0 Å². The van der Waals surface area contributed by atoms with Gasteiger partial charge >= 0.3 is 0 Å². The van der Waals surface area contributed by atoms with Crippen LogP contribution in [0.3, 0.4) is 0 Å². The van der Waals surface area contributed by atoms with E-state index >= 15 is 0 Å². The Morgan fingerprint density at radius 1 is 1.15 bits per heavy atom. The molecule has 3 rings (SSSR count). The van der Waals surface area contributed by atoms with Gasteiger partial charge in [-0.05, 0) is 30.7 Å². The van der Waals surface area contributed by atoms with Crippen LogP contribution >= 0.6 is 0 Å². The lowest BCUT2D eigenvalue weighted by Gasteiger charge is -2.04. The van der Waals surface area contributed by atoms with Crippen LogP contribution in [-0.4, -0.2) is 16.0 Å². The Bertz CT molecular complexity index is 288. The second-order valence-electron chi connectivity index (χ2n) is 4.00. The lowest BCUT2D eigenvalue weighted by atomic mass is 10.2. The van der Waals surface area contributed by atoms with E-state index in [1.54, 1.807) is 12.4 Å². The van der Waals surface area contributed by atoms with Crippen molar-refractivity contribution in [3.8, 4) is 0 Å². The van der Waals surface area contributed by atoms with Crippen LogP contribution in [0.15, 0.2) is 18.5 Å². The van der Waals surface area contributed by atoms with E-state index in [1.165, 1.54) is 19.3 Å². The third-order valence-electron chi connectivity index (χ3n) is 3.27. The maximum atomic E-state index is 4.16. The molecule has 1 N–H and O–H groups in total. The van der Waals surface area contributed by atoms with E-state index in [9.17, 15) is 0 Å². The summed E-state index contributed by atoms with van der Waals surface area (Å²) in [7, 11) is 0. The molecule has 0 bridgehead atoms. The SMILES string of the molecule is c1cnc(NC2[C@H]3CCC[C@@H]23)nc1. The van der Waals surface area contributed by atoms with Crippen LogP contribution in [0.5, 0.6) is 0 Å². The number of rotatable bonds is 2. The molecule has 3 atom stereocenters. The quantitative estimate of drug-likeness (QED) is 0.743. The normalized spacial score (nSPS) is 35.5. The third kappa shape index (κ3) is 1.19. The first-order valence-corrected chi connectivity index (χ1v) is 4.99. The van der Waals surface area contributed by atoms with E-state index in [0.29, 0.717) is 6.04 Å². The smallest absolute Gasteiger partial charge is 0.222 e. The molecule has 1 heterocycles. The van der Waals surface area contributed by atoms with Gasteiger partial charge in [0.1, 0.15) is 0 Å². The molecule has 13 heavy (non-hydrogen) atoms. The molecule has 3 heteroatoms. The lowest BCUT2D eigenvalue weighted by molar-refractivity contribution is 0.692. The third-order valence-corrected chi connectivity index (χ3v) is 3.27. The van der Waals surface area contributed by atoms with Gasteiger partial charge in [-0.25, -0.2) is 9.97 Å². The van der Waals surface area contributed by atoms with Crippen molar-refractivity contribution < 1.29 is 0 Å². The molecule has 0 radical (unpaired) electrons. The predicted octanol–water partition coefficient (Wildman–Crippen LogP) is 1.69. The van der Waals surface area contributed by atoms with Gasteiger partial charge in [-0.15, -0.1) is 0 Å². The van der Waals surface area contributed by atoms with E-state index in [4.69, 9.17) is 0 Å². The zero-order valence-electron chi connectivity index (χ0n) is 7.48. The Kier molecular flexibility index (Phi) is 1.51. The Morgan fingerprint density at radius 2 is 1.85 bits per heavy atom. The van der Waals surface area contributed by atoms with Gasteiger partial charge in [-0.2, -0.15) is 0 Å². The topological polar surface area (TPSA) is 37.8 Å². The average molecular weight is 175 g/mol. The number of anilines is 1. The standard InChI is InChI=1S/C10H13N3/c1-3-7-8(4-1)9(7)13-10-11-5-2-6-12-10/h2,5-9H,1,3-4H2,(H,11,12,13)/t7-,8+,9?. The first-order chi connectivity index (χ1) is 6.45. The summed E-state index contributed by atoms with van der Waals surface area (Å²) in [6.07, 6.45) is 7.79. The molecule has 0 aromatic carbocycles. The van der Waals surface area contributed by atoms with Gasteiger partial charge in [0.05, 0.1) is 0 Å². The lowest BCUT2D eigenvalue weighted by Crippen LogP contribution is -2.10. The summed E-state index contributed by atoms with van der Waals surface area (Å²) >= 11 is 0. The highest BCUT2D eigenvalue weighted by molar-refractivity contribution is 5.30. The van der Waals surface area contributed by atoms with Gasteiger partial charge in [0.15, 0.2) is 0 Å². The fourth-order valence-corrected chi connectivity index (χ4v) is 2.56. The molecule has 2 fully saturated rings. The number of fused-ring (bicyclic) bond motifs is 1. The molecule has 1 aromatic rings. The molecule has 2 saturated carbocycles. The Hall–Kier alpha value is -1.12. The van der Waals surface area contributed by atoms with Crippen molar-refractivity contribution in [1.29, 1.82) is 0 Å². The molecule has 0 saturated heterocycles. The van der Waals surface area contributed by atoms with Crippen LogP contribution in [0, 0.1) is 11.8 Å². The zero-order valence-corrected chi connectivity index (χ0v) is 7.48. The molecule has 0 spiro atoms. The summed E-state index contributed by atoms with van der Waals surface area (Å²) in [5, 5.41) is 3.40. The van der Waals surface area contributed by atoms with Crippen molar-refractivity contribution in [3.63, 3.8) is 0 Å². The van der Waals surface area contributed by atoms with Gasteiger partial charge in [0, 0.05) is 18.4 Å². The molecule has 1 unspecified atom stereocenters. The summed E-state index contributed by atoms with van der Waals surface area (Å²) in [5.74, 6) is 2.63. The average Bonchev–Trinajstić information content (AvgIpc) is 2.65. The Balaban J connectivity index is 1.66. The van der Waals surface area contributed by atoms with Crippen LogP contribution in [0.2, 0.25) is 0 Å². The maximum absolute atomic E-state index is 4.16. The van der Waals surface area contributed by atoms with Crippen molar-refractivity contribution in [3.05, 3.63) is 18.5 Å². The van der Waals surface area contributed by atoms with Crippen molar-refractivity contribution in [1.82, 2.24) is 9.97 Å². The maximum Gasteiger partial charge on any atom is 0.222 e. The minimum Gasteiger partial charge on any atom is -0.351 e. The summed E-state index contributed by atoms with van der Waals surface area (Å²) < 4.78 is 0. The molecule has 1 aromatic heterocycles. The van der Waals surface area contributed by atoms with E-state index < -0.39 is 0 Å². The van der Waals surface area contributed by atoms with Crippen LogP contribution < -0.4 is 5.32 Å². The summed E-state index contributed by atoms with van der Waals surface area (Å²) in [5.41, 5.74) is 0. The molecule has 0 amide bonds. The first kappa shape index (κ1) is 7.30. The fourth-order valence-electron chi connectivity index (χ4n) is 2.56. The van der Waals surface area contributed by atoms with Gasteiger partial charge in [-0.1, -0.05) is 6.42 Å². The van der Waals surface area contributed by atoms with Crippen molar-refractivity contribution in [2.75, 3.05) is 5.32 Å². The van der Waals surface area contributed by atoms with E-state index in [-0.39, 0.29) is 0 Å². The second-order valence-corrected chi connectivity index (χ2v) is 4.00. The van der Waals surface area contributed by atoms with Crippen LogP contribution in [-0.2, 0) is 0 Å². The number of aromatic nitrogens is 2. The number of nitrogens with one attached hydrogen (secondary N) is 1.